The van der Waals surface area contributed by atoms with Crippen LogP contribution in [0.5, 0.6) is 0 Å². The average Bonchev–Trinajstić information content (AvgIpc) is 2.42. The van der Waals surface area contributed by atoms with E-state index in [0.717, 1.165) is 6.07 Å². The van der Waals surface area contributed by atoms with E-state index in [1.54, 1.807) is 0 Å². The van der Waals surface area contributed by atoms with Crippen molar-refractivity contribution in [2.75, 3.05) is 0 Å². The number of nitrogens with one attached hydrogen (secondary N) is 1. The van der Waals surface area contributed by atoms with Crippen LogP contribution in [0.2, 0.25) is 5.02 Å². The normalized spacial score (nSPS) is 22.5. The Morgan fingerprint density at radius 1 is 1.32 bits per heavy atom. The molecule has 0 spiro atoms. The van der Waals surface area contributed by atoms with Crippen LogP contribution in [-0.2, 0) is 20.6 Å². The van der Waals surface area contributed by atoms with Crippen molar-refractivity contribution < 1.29 is 22.7 Å². The molecule has 0 atom stereocenters. The number of benzene rings is 1. The van der Waals surface area contributed by atoms with E-state index in [-0.39, 0.29) is 16.8 Å². The Balaban J connectivity index is 1.94. The van der Waals surface area contributed by atoms with Crippen LogP contribution in [0.4, 0.5) is 4.39 Å². The standard InChI is InChI=1S/C14H17ClFNO4S/c15-12-7-9(1-6-13(12)16)8-22(20,21)17-11-4-2-10(3-5-11)14(18)19/h1,6-7,10-11,17H,2-5,8H2,(H,18,19). The molecule has 8 heteroatoms. The summed E-state index contributed by atoms with van der Waals surface area (Å²) in [4.78, 5) is 10.9. The third kappa shape index (κ3) is 4.66. The van der Waals surface area contributed by atoms with E-state index < -0.39 is 27.7 Å². The smallest absolute Gasteiger partial charge is 0.306 e. The van der Waals surface area contributed by atoms with Crippen LogP contribution in [0.1, 0.15) is 31.2 Å². The maximum Gasteiger partial charge on any atom is 0.306 e. The topological polar surface area (TPSA) is 83.5 Å². The van der Waals surface area contributed by atoms with Crippen molar-refractivity contribution in [2.24, 2.45) is 5.92 Å². The van der Waals surface area contributed by atoms with E-state index in [1.165, 1.54) is 12.1 Å². The van der Waals surface area contributed by atoms with Gasteiger partial charge in [-0.15, -0.1) is 0 Å². The molecule has 0 aliphatic heterocycles. The Labute approximate surface area is 133 Å². The van der Waals surface area contributed by atoms with E-state index in [2.05, 4.69) is 4.72 Å². The lowest BCUT2D eigenvalue weighted by molar-refractivity contribution is -0.142. The van der Waals surface area contributed by atoms with Crippen LogP contribution in [0.25, 0.3) is 0 Å². The summed E-state index contributed by atoms with van der Waals surface area (Å²) in [6, 6.07) is 3.54. The van der Waals surface area contributed by atoms with Crippen molar-refractivity contribution in [1.82, 2.24) is 4.72 Å². The Hall–Kier alpha value is -1.18. The largest absolute Gasteiger partial charge is 0.481 e. The van der Waals surface area contributed by atoms with Gasteiger partial charge in [-0.05, 0) is 43.4 Å². The highest BCUT2D eigenvalue weighted by Gasteiger charge is 2.28. The number of carbonyl (C=O) groups is 1. The zero-order chi connectivity index (χ0) is 16.3. The zero-order valence-corrected chi connectivity index (χ0v) is 13.3. The minimum absolute atomic E-state index is 0.116. The molecule has 0 unspecified atom stereocenters. The van der Waals surface area contributed by atoms with Crippen LogP contribution in [-0.4, -0.2) is 25.5 Å². The van der Waals surface area contributed by atoms with Crippen LogP contribution in [0.15, 0.2) is 18.2 Å². The molecule has 0 radical (unpaired) electrons. The summed E-state index contributed by atoms with van der Waals surface area (Å²) in [6.45, 7) is 0. The molecule has 1 aromatic rings. The van der Waals surface area contributed by atoms with Gasteiger partial charge >= 0.3 is 5.97 Å². The van der Waals surface area contributed by atoms with E-state index in [1.807, 2.05) is 0 Å². The van der Waals surface area contributed by atoms with Crippen LogP contribution < -0.4 is 4.72 Å². The molecule has 1 aliphatic rings. The lowest BCUT2D eigenvalue weighted by Crippen LogP contribution is -2.39. The molecular formula is C14H17ClFNO4S. The number of hydrogen-bond donors (Lipinski definition) is 2. The van der Waals surface area contributed by atoms with Gasteiger partial charge in [-0.1, -0.05) is 17.7 Å². The van der Waals surface area contributed by atoms with E-state index in [4.69, 9.17) is 16.7 Å². The van der Waals surface area contributed by atoms with Crippen molar-refractivity contribution in [1.29, 1.82) is 0 Å². The summed E-state index contributed by atoms with van der Waals surface area (Å²) in [7, 11) is -3.58. The molecule has 122 valence electrons. The van der Waals surface area contributed by atoms with Gasteiger partial charge in [0, 0.05) is 6.04 Å². The van der Waals surface area contributed by atoms with Gasteiger partial charge in [0.15, 0.2) is 0 Å². The van der Waals surface area contributed by atoms with Gasteiger partial charge in [0.05, 0.1) is 16.7 Å². The third-order valence-corrected chi connectivity index (χ3v) is 5.46. The number of hydrogen-bond acceptors (Lipinski definition) is 3. The highest BCUT2D eigenvalue weighted by atomic mass is 35.5. The molecule has 1 fully saturated rings. The molecule has 5 nitrogen and oxygen atoms in total. The number of halogens is 2. The Morgan fingerprint density at radius 2 is 1.95 bits per heavy atom. The van der Waals surface area contributed by atoms with Gasteiger partial charge in [0.1, 0.15) is 5.82 Å². The van der Waals surface area contributed by atoms with Crippen LogP contribution >= 0.6 is 11.6 Å². The number of aliphatic carboxylic acids is 1. The monoisotopic (exact) mass is 349 g/mol. The Bertz CT molecular complexity index is 657. The predicted octanol–water partition coefficient (Wildman–Crippen LogP) is 2.54. The molecule has 1 aliphatic carbocycles. The maximum atomic E-state index is 13.1. The lowest BCUT2D eigenvalue weighted by atomic mass is 9.87. The fourth-order valence-corrected chi connectivity index (χ4v) is 4.25. The van der Waals surface area contributed by atoms with Crippen LogP contribution in [0.3, 0.4) is 0 Å². The van der Waals surface area contributed by atoms with Gasteiger partial charge in [0.2, 0.25) is 10.0 Å². The lowest BCUT2D eigenvalue weighted by Gasteiger charge is -2.26. The van der Waals surface area contributed by atoms with Crippen molar-refractivity contribution in [3.05, 3.63) is 34.6 Å². The van der Waals surface area contributed by atoms with Gasteiger partial charge < -0.3 is 5.11 Å². The fourth-order valence-electron chi connectivity index (χ4n) is 2.60. The molecular weight excluding hydrogens is 333 g/mol. The SMILES string of the molecule is O=C(O)C1CCC(NS(=O)(=O)Cc2ccc(F)c(Cl)c2)CC1. The van der Waals surface area contributed by atoms with Gasteiger partial charge in [-0.3, -0.25) is 4.79 Å². The Morgan fingerprint density at radius 3 is 2.50 bits per heavy atom. The molecule has 0 aromatic heterocycles. The molecule has 1 saturated carbocycles. The van der Waals surface area contributed by atoms with Crippen molar-refractivity contribution in [3.8, 4) is 0 Å². The minimum atomic E-state index is -3.58. The van der Waals surface area contributed by atoms with Crippen LogP contribution in [0, 0.1) is 11.7 Å². The van der Waals surface area contributed by atoms with Gasteiger partial charge in [-0.25, -0.2) is 17.5 Å². The summed E-state index contributed by atoms with van der Waals surface area (Å²) < 4.78 is 39.9. The second-order valence-electron chi connectivity index (χ2n) is 5.51. The minimum Gasteiger partial charge on any atom is -0.481 e. The summed E-state index contributed by atoms with van der Waals surface area (Å²) in [6.07, 6.45) is 1.93. The zero-order valence-electron chi connectivity index (χ0n) is 11.8. The van der Waals surface area contributed by atoms with Crippen molar-refractivity contribution in [3.63, 3.8) is 0 Å². The first-order valence-electron chi connectivity index (χ1n) is 6.93. The molecule has 0 saturated heterocycles. The first-order chi connectivity index (χ1) is 10.3. The average molecular weight is 350 g/mol. The first kappa shape index (κ1) is 17.2. The number of carboxylic acid groups (broad SMARTS) is 1. The molecule has 22 heavy (non-hydrogen) atoms. The third-order valence-electron chi connectivity index (χ3n) is 3.76. The summed E-state index contributed by atoms with van der Waals surface area (Å²) in [5.41, 5.74) is 0.401. The second-order valence-corrected chi connectivity index (χ2v) is 7.67. The molecule has 1 aromatic carbocycles. The summed E-state index contributed by atoms with van der Waals surface area (Å²) in [5.74, 6) is -2.10. The molecule has 2 rings (SSSR count). The molecule has 0 bridgehead atoms. The predicted molar refractivity (Wildman–Crippen MR) is 80.6 cm³/mol. The van der Waals surface area contributed by atoms with Crippen molar-refractivity contribution >= 4 is 27.6 Å². The molecule has 0 amide bonds. The van der Waals surface area contributed by atoms with E-state index in [9.17, 15) is 17.6 Å². The molecule has 2 N–H and O–H groups in total. The first-order valence-corrected chi connectivity index (χ1v) is 8.96. The summed E-state index contributed by atoms with van der Waals surface area (Å²) >= 11 is 5.63. The van der Waals surface area contributed by atoms with Crippen molar-refractivity contribution in [2.45, 2.75) is 37.5 Å². The highest BCUT2D eigenvalue weighted by molar-refractivity contribution is 7.88. The molecule has 0 heterocycles. The Kier molecular flexibility index (Phi) is 5.41. The quantitative estimate of drug-likeness (QED) is 0.855. The van der Waals surface area contributed by atoms with E-state index in [0.29, 0.717) is 31.2 Å². The van der Waals surface area contributed by atoms with Gasteiger partial charge in [0.25, 0.3) is 0 Å². The fraction of sp³-hybridized carbons (Fsp3) is 0.500. The second kappa shape index (κ2) is 6.93. The number of rotatable bonds is 5. The number of carboxylic acids is 1. The highest BCUT2D eigenvalue weighted by Crippen LogP contribution is 2.25. The van der Waals surface area contributed by atoms with E-state index >= 15 is 0 Å². The van der Waals surface area contributed by atoms with Gasteiger partial charge in [-0.2, -0.15) is 0 Å². The number of sulfonamides is 1. The summed E-state index contributed by atoms with van der Waals surface area (Å²) in [5, 5.41) is 8.80. The maximum absolute atomic E-state index is 13.1.